The third kappa shape index (κ3) is 16.0. The second kappa shape index (κ2) is 14.2. The van der Waals surface area contributed by atoms with Crippen LogP contribution in [-0.4, -0.2) is 51.7 Å². The summed E-state index contributed by atoms with van der Waals surface area (Å²) in [6.07, 6.45) is 3.66. The number of nitrogens with two attached hydrogens (primary N) is 1. The second-order valence-electron chi connectivity index (χ2n) is 5.03. The first-order valence-electron chi connectivity index (χ1n) is 7.52. The highest BCUT2D eigenvalue weighted by Gasteiger charge is 2.16. The van der Waals surface area contributed by atoms with Gasteiger partial charge in [0.05, 0.1) is 6.04 Å². The molecule has 0 radical (unpaired) electrons. The molecule has 24 heavy (non-hydrogen) atoms. The van der Waals surface area contributed by atoms with Crippen LogP contribution in [0.25, 0.3) is 0 Å². The number of primary amides is 1. The zero-order chi connectivity index (χ0) is 19.1. The minimum atomic E-state index is -1.26. The van der Waals surface area contributed by atoms with Crippen molar-refractivity contribution in [1.29, 1.82) is 0 Å². The van der Waals surface area contributed by atoms with Gasteiger partial charge >= 0.3 is 17.9 Å². The van der Waals surface area contributed by atoms with Gasteiger partial charge in [-0.1, -0.05) is 20.3 Å². The third-order valence-corrected chi connectivity index (χ3v) is 2.93. The van der Waals surface area contributed by atoms with Crippen LogP contribution in [-0.2, 0) is 19.2 Å². The maximum atomic E-state index is 11.0. The van der Waals surface area contributed by atoms with E-state index in [2.05, 4.69) is 5.32 Å². The van der Waals surface area contributed by atoms with Crippen LogP contribution >= 0.6 is 0 Å². The normalized spacial score (nSPS) is 12.8. The summed E-state index contributed by atoms with van der Waals surface area (Å²) in [5.41, 5.74) is 5.19. The van der Waals surface area contributed by atoms with Crippen molar-refractivity contribution in [2.75, 3.05) is 6.54 Å². The maximum absolute atomic E-state index is 11.0. The maximum Gasteiger partial charge on any atom is 0.328 e. The van der Waals surface area contributed by atoms with E-state index in [1.807, 2.05) is 13.8 Å². The Morgan fingerprint density at radius 2 is 1.54 bits per heavy atom. The van der Waals surface area contributed by atoms with E-state index in [4.69, 9.17) is 21.1 Å². The molecule has 2 atom stereocenters. The fourth-order valence-corrected chi connectivity index (χ4v) is 1.83. The molecule has 0 fully saturated rings. The second-order valence-corrected chi connectivity index (χ2v) is 5.03. The zero-order valence-electron chi connectivity index (χ0n) is 13.9. The molecule has 6 N–H and O–H groups in total. The molecule has 9 heteroatoms. The summed E-state index contributed by atoms with van der Waals surface area (Å²) in [7, 11) is 0. The summed E-state index contributed by atoms with van der Waals surface area (Å²) in [5, 5.41) is 27.4. The van der Waals surface area contributed by atoms with Gasteiger partial charge in [-0.3, -0.25) is 9.59 Å². The molecule has 0 aliphatic heterocycles. The van der Waals surface area contributed by atoms with Crippen LogP contribution < -0.4 is 11.1 Å². The Morgan fingerprint density at radius 3 is 1.83 bits per heavy atom. The van der Waals surface area contributed by atoms with Crippen LogP contribution in [0.5, 0.6) is 0 Å². The van der Waals surface area contributed by atoms with Crippen molar-refractivity contribution in [2.24, 2.45) is 11.7 Å². The van der Waals surface area contributed by atoms with Crippen molar-refractivity contribution in [3.05, 3.63) is 12.2 Å². The highest BCUT2D eigenvalue weighted by Crippen LogP contribution is 2.10. The highest BCUT2D eigenvalue weighted by atomic mass is 16.4. The van der Waals surface area contributed by atoms with Crippen LogP contribution in [0.15, 0.2) is 12.2 Å². The van der Waals surface area contributed by atoms with Crippen molar-refractivity contribution in [3.63, 3.8) is 0 Å². The number of carbonyl (C=O) groups excluding carboxylic acids is 1. The molecule has 0 saturated carbocycles. The largest absolute Gasteiger partial charge is 0.481 e. The van der Waals surface area contributed by atoms with Gasteiger partial charge in [-0.05, 0) is 25.3 Å². The van der Waals surface area contributed by atoms with Gasteiger partial charge in [-0.25, -0.2) is 9.59 Å². The van der Waals surface area contributed by atoms with E-state index < -0.39 is 17.9 Å². The van der Waals surface area contributed by atoms with Gasteiger partial charge in [0.25, 0.3) is 0 Å². The van der Waals surface area contributed by atoms with E-state index in [9.17, 15) is 19.2 Å². The van der Waals surface area contributed by atoms with Gasteiger partial charge < -0.3 is 26.4 Å². The monoisotopic (exact) mass is 346 g/mol. The summed E-state index contributed by atoms with van der Waals surface area (Å²) in [5.74, 6) is -3.63. The van der Waals surface area contributed by atoms with Gasteiger partial charge in [0.1, 0.15) is 0 Å². The molecule has 0 unspecified atom stereocenters. The molecule has 1 amide bonds. The summed E-state index contributed by atoms with van der Waals surface area (Å²) in [6, 6.07) is -0.354. The molecule has 0 aromatic carbocycles. The van der Waals surface area contributed by atoms with E-state index in [0.29, 0.717) is 25.1 Å². The number of carbonyl (C=O) groups is 4. The van der Waals surface area contributed by atoms with Gasteiger partial charge in [-0.15, -0.1) is 0 Å². The van der Waals surface area contributed by atoms with E-state index >= 15 is 0 Å². The number of carboxylic acids is 3. The first kappa shape index (κ1) is 23.8. The lowest BCUT2D eigenvalue weighted by Crippen LogP contribution is -2.43. The van der Waals surface area contributed by atoms with Crippen LogP contribution in [0.3, 0.4) is 0 Å². The average Bonchev–Trinajstić information content (AvgIpc) is 2.45. The molecular formula is C15H26N2O7. The van der Waals surface area contributed by atoms with Gasteiger partial charge in [0, 0.05) is 18.6 Å². The topological polar surface area (TPSA) is 167 Å². The minimum Gasteiger partial charge on any atom is -0.481 e. The number of amides is 1. The quantitative estimate of drug-likeness (QED) is 0.336. The third-order valence-electron chi connectivity index (χ3n) is 2.93. The van der Waals surface area contributed by atoms with E-state index in [-0.39, 0.29) is 24.3 Å². The standard InChI is InChI=1S/C11H22N2O3.C4H4O4/c1-3-5-8(6-10(14)15)7-13-9(4-2)11(12)16;5-3(6)1-2-4(7)8/h8-9,13H,3-7H2,1-2H3,(H2,12,16)(H,14,15);1-2H,(H,5,6)(H,7,8)/b;2-1-/t8-,9-;/m0./s1. The predicted molar refractivity (Wildman–Crippen MR) is 86.3 cm³/mol. The van der Waals surface area contributed by atoms with Crippen molar-refractivity contribution >= 4 is 23.8 Å². The van der Waals surface area contributed by atoms with Crippen LogP contribution in [0.4, 0.5) is 0 Å². The number of hydrogen-bond donors (Lipinski definition) is 5. The summed E-state index contributed by atoms with van der Waals surface area (Å²) >= 11 is 0. The van der Waals surface area contributed by atoms with Crippen molar-refractivity contribution in [3.8, 4) is 0 Å². The Balaban J connectivity index is 0. The van der Waals surface area contributed by atoms with Crippen LogP contribution in [0.1, 0.15) is 39.5 Å². The number of rotatable bonds is 11. The van der Waals surface area contributed by atoms with Gasteiger partial charge in [-0.2, -0.15) is 0 Å². The lowest BCUT2D eigenvalue weighted by molar-refractivity contribution is -0.138. The molecule has 0 saturated heterocycles. The Labute approximate surface area is 140 Å². The first-order chi connectivity index (χ1) is 11.1. The van der Waals surface area contributed by atoms with Gasteiger partial charge in [0.15, 0.2) is 0 Å². The molecule has 0 aliphatic rings. The molecule has 0 heterocycles. The molecule has 0 aliphatic carbocycles. The molecule has 0 rings (SSSR count). The molecule has 0 bridgehead atoms. The van der Waals surface area contributed by atoms with Crippen molar-refractivity contribution < 1.29 is 34.5 Å². The number of hydrogen-bond acceptors (Lipinski definition) is 5. The smallest absolute Gasteiger partial charge is 0.328 e. The fraction of sp³-hybridized carbons (Fsp3) is 0.600. The van der Waals surface area contributed by atoms with E-state index in [0.717, 1.165) is 12.8 Å². The van der Waals surface area contributed by atoms with E-state index in [1.54, 1.807) is 0 Å². The summed E-state index contributed by atoms with van der Waals surface area (Å²) in [6.45, 7) is 4.41. The Bertz CT molecular complexity index is 433. The average molecular weight is 346 g/mol. The number of aliphatic carboxylic acids is 3. The molecule has 0 spiro atoms. The fourth-order valence-electron chi connectivity index (χ4n) is 1.83. The summed E-state index contributed by atoms with van der Waals surface area (Å²) in [4.78, 5) is 40.7. The zero-order valence-corrected chi connectivity index (χ0v) is 13.9. The molecule has 0 aromatic rings. The predicted octanol–water partition coefficient (Wildman–Crippen LogP) is 0.443. The number of nitrogens with one attached hydrogen (secondary N) is 1. The lowest BCUT2D eigenvalue weighted by atomic mass is 9.99. The molecular weight excluding hydrogens is 320 g/mol. The van der Waals surface area contributed by atoms with Crippen LogP contribution in [0, 0.1) is 5.92 Å². The SMILES string of the molecule is CCC[C@H](CN[C@@H](CC)C(N)=O)CC(=O)O.O=C(O)/C=C\C(=O)O. The van der Waals surface area contributed by atoms with Crippen molar-refractivity contribution in [1.82, 2.24) is 5.32 Å². The van der Waals surface area contributed by atoms with Crippen LogP contribution in [0.2, 0.25) is 0 Å². The molecule has 138 valence electrons. The Hall–Kier alpha value is -2.42. The van der Waals surface area contributed by atoms with Gasteiger partial charge in [0.2, 0.25) is 5.91 Å². The minimum absolute atomic E-state index is 0.0656. The molecule has 9 nitrogen and oxygen atoms in total. The van der Waals surface area contributed by atoms with E-state index in [1.165, 1.54) is 0 Å². The highest BCUT2D eigenvalue weighted by molar-refractivity contribution is 5.89. The summed E-state index contributed by atoms with van der Waals surface area (Å²) < 4.78 is 0. The molecule has 0 aromatic heterocycles. The first-order valence-corrected chi connectivity index (χ1v) is 7.52. The lowest BCUT2D eigenvalue weighted by Gasteiger charge is -2.18. The Morgan fingerprint density at radius 1 is 1.04 bits per heavy atom. The Kier molecular flexibility index (Phi) is 14.1. The van der Waals surface area contributed by atoms with Crippen molar-refractivity contribution in [2.45, 2.75) is 45.6 Å². The number of carboxylic acid groups (broad SMARTS) is 3.